The number of nitrogens with one attached hydrogen (secondary N) is 1. The number of halogens is 1. The largest absolute Gasteiger partial charge is 0.342 e. The maximum absolute atomic E-state index is 13.3. The molecule has 1 unspecified atom stereocenters. The summed E-state index contributed by atoms with van der Waals surface area (Å²) in [6.45, 7) is 0. The molecule has 1 N–H and O–H groups in total. The summed E-state index contributed by atoms with van der Waals surface area (Å²) in [5.74, 6) is -0.421. The van der Waals surface area contributed by atoms with Crippen molar-refractivity contribution in [2.24, 2.45) is 0 Å². The van der Waals surface area contributed by atoms with Crippen LogP contribution in [0.15, 0.2) is 91.3 Å². The van der Waals surface area contributed by atoms with E-state index < -0.39 is 6.04 Å². The van der Waals surface area contributed by atoms with E-state index in [0.29, 0.717) is 17.0 Å². The normalized spacial score (nSPS) is 11.8. The van der Waals surface area contributed by atoms with Crippen LogP contribution < -0.4 is 5.32 Å². The van der Waals surface area contributed by atoms with Gasteiger partial charge in [0, 0.05) is 24.2 Å². The quantitative estimate of drug-likeness (QED) is 0.448. The van der Waals surface area contributed by atoms with E-state index in [1.165, 1.54) is 0 Å². The second kappa shape index (κ2) is 9.54. The molecule has 1 heterocycles. The Kier molecular flexibility index (Phi) is 6.39. The molecule has 0 aliphatic carbocycles. The summed E-state index contributed by atoms with van der Waals surface area (Å²) in [5.41, 5.74) is 2.24. The number of amides is 1. The van der Waals surface area contributed by atoms with Crippen molar-refractivity contribution in [3.8, 4) is 0 Å². The Bertz CT molecular complexity index is 1220. The van der Waals surface area contributed by atoms with Gasteiger partial charge >= 0.3 is 0 Å². The lowest BCUT2D eigenvalue weighted by atomic mass is 9.95. The lowest BCUT2D eigenvalue weighted by molar-refractivity contribution is -0.120. The highest BCUT2D eigenvalue weighted by Gasteiger charge is 2.23. The van der Waals surface area contributed by atoms with E-state index in [9.17, 15) is 9.59 Å². The van der Waals surface area contributed by atoms with E-state index in [1.54, 1.807) is 36.7 Å². The van der Waals surface area contributed by atoms with Crippen molar-refractivity contribution in [3.63, 3.8) is 0 Å². The van der Waals surface area contributed by atoms with Gasteiger partial charge in [0.1, 0.15) is 0 Å². The molecule has 4 aromatic rings. The molecule has 0 radical (unpaired) electrons. The molecule has 0 fully saturated rings. The van der Waals surface area contributed by atoms with Gasteiger partial charge in [-0.15, -0.1) is 0 Å². The molecule has 1 atom stereocenters. The Labute approximate surface area is 185 Å². The average Bonchev–Trinajstić information content (AvgIpc) is 2.80. The van der Waals surface area contributed by atoms with Gasteiger partial charge in [-0.1, -0.05) is 72.3 Å². The van der Waals surface area contributed by atoms with Crippen molar-refractivity contribution in [3.05, 3.63) is 113 Å². The highest BCUT2D eigenvalue weighted by atomic mass is 35.5. The smallest absolute Gasteiger partial charge is 0.253 e. The van der Waals surface area contributed by atoms with Crippen molar-refractivity contribution in [2.45, 2.75) is 18.9 Å². The van der Waals surface area contributed by atoms with E-state index in [1.807, 2.05) is 54.6 Å². The third-order valence-corrected chi connectivity index (χ3v) is 5.56. The minimum atomic E-state index is -0.678. The Balaban J connectivity index is 1.60. The van der Waals surface area contributed by atoms with Gasteiger partial charge in [-0.25, -0.2) is 0 Å². The van der Waals surface area contributed by atoms with Gasteiger partial charge < -0.3 is 5.32 Å². The number of fused-ring (bicyclic) bond motifs is 1. The van der Waals surface area contributed by atoms with Crippen LogP contribution in [0, 0.1) is 0 Å². The molecule has 0 spiro atoms. The first kappa shape index (κ1) is 20.8. The molecule has 4 nitrogen and oxygen atoms in total. The summed E-state index contributed by atoms with van der Waals surface area (Å²) in [5, 5.41) is 5.23. The van der Waals surface area contributed by atoms with Crippen LogP contribution >= 0.6 is 11.6 Å². The molecule has 154 valence electrons. The fourth-order valence-electron chi connectivity index (χ4n) is 3.63. The number of benzene rings is 3. The number of carbonyl (C=O) groups excluding carboxylic acids is 2. The summed E-state index contributed by atoms with van der Waals surface area (Å²) < 4.78 is 0. The number of hydrogen-bond donors (Lipinski definition) is 1. The zero-order valence-electron chi connectivity index (χ0n) is 16.8. The Hall–Kier alpha value is -3.50. The molecule has 1 aromatic heterocycles. The molecule has 31 heavy (non-hydrogen) atoms. The number of aromatic nitrogens is 1. The summed E-state index contributed by atoms with van der Waals surface area (Å²) in [7, 11) is 0. The summed E-state index contributed by atoms with van der Waals surface area (Å²) in [4.78, 5) is 30.4. The van der Waals surface area contributed by atoms with Crippen LogP contribution in [0.4, 0.5) is 0 Å². The fraction of sp³-hybridized carbons (Fsp3) is 0.115. The molecular formula is C26H21ClN2O2. The van der Waals surface area contributed by atoms with Gasteiger partial charge in [-0.2, -0.15) is 0 Å². The van der Waals surface area contributed by atoms with E-state index in [4.69, 9.17) is 11.6 Å². The Morgan fingerprint density at radius 1 is 0.903 bits per heavy atom. The molecule has 0 bridgehead atoms. The zero-order valence-corrected chi connectivity index (χ0v) is 17.5. The standard InChI is InChI=1S/C26H21ClN2O2/c27-23-12-5-4-11-22(23)26(31)29-24(15-18-7-2-1-3-8-18)25(30)16-19-9-6-10-20-17-28-14-13-21(19)20/h1-14,17,24H,15-16H2,(H,29,31). The zero-order chi connectivity index (χ0) is 21.6. The Morgan fingerprint density at radius 3 is 2.48 bits per heavy atom. The first-order valence-corrected chi connectivity index (χ1v) is 10.4. The second-order valence-electron chi connectivity index (χ2n) is 7.35. The van der Waals surface area contributed by atoms with Gasteiger partial charge in [0.25, 0.3) is 5.91 Å². The minimum absolute atomic E-state index is 0.0615. The number of Topliss-reactive ketones (excluding diaryl/α,β-unsaturated/α-hetero) is 1. The lowest BCUT2D eigenvalue weighted by Gasteiger charge is -2.19. The van der Waals surface area contributed by atoms with E-state index in [-0.39, 0.29) is 18.1 Å². The van der Waals surface area contributed by atoms with Crippen molar-refractivity contribution >= 4 is 34.1 Å². The predicted molar refractivity (Wildman–Crippen MR) is 123 cm³/mol. The van der Waals surface area contributed by atoms with Gasteiger partial charge in [0.15, 0.2) is 5.78 Å². The second-order valence-corrected chi connectivity index (χ2v) is 7.76. The maximum atomic E-state index is 13.3. The van der Waals surface area contributed by atoms with E-state index >= 15 is 0 Å². The average molecular weight is 429 g/mol. The number of carbonyl (C=O) groups is 2. The van der Waals surface area contributed by atoms with Crippen molar-refractivity contribution in [2.75, 3.05) is 0 Å². The summed E-state index contributed by atoms with van der Waals surface area (Å²) in [6, 6.07) is 23.6. The SMILES string of the molecule is O=C(NC(Cc1ccccc1)C(=O)Cc1cccc2cnccc12)c1ccccc1Cl. The third-order valence-electron chi connectivity index (χ3n) is 5.23. The minimum Gasteiger partial charge on any atom is -0.342 e. The van der Waals surface area contributed by atoms with Crippen LogP contribution in [0.5, 0.6) is 0 Å². The summed E-state index contributed by atoms with van der Waals surface area (Å²) >= 11 is 6.19. The maximum Gasteiger partial charge on any atom is 0.253 e. The molecule has 5 heteroatoms. The Morgan fingerprint density at radius 2 is 1.68 bits per heavy atom. The topological polar surface area (TPSA) is 59.1 Å². The van der Waals surface area contributed by atoms with E-state index in [2.05, 4.69) is 10.3 Å². The molecule has 0 aliphatic rings. The van der Waals surface area contributed by atoms with Gasteiger partial charge in [-0.3, -0.25) is 14.6 Å². The van der Waals surface area contributed by atoms with Crippen LogP contribution in [0.1, 0.15) is 21.5 Å². The number of rotatable bonds is 7. The number of pyridine rings is 1. The van der Waals surface area contributed by atoms with Crippen molar-refractivity contribution in [1.29, 1.82) is 0 Å². The van der Waals surface area contributed by atoms with Gasteiger partial charge in [0.2, 0.25) is 0 Å². The molecular weight excluding hydrogens is 408 g/mol. The third kappa shape index (κ3) is 4.98. The molecule has 3 aromatic carbocycles. The highest BCUT2D eigenvalue weighted by molar-refractivity contribution is 6.33. The number of hydrogen-bond acceptors (Lipinski definition) is 3. The lowest BCUT2D eigenvalue weighted by Crippen LogP contribution is -2.43. The van der Waals surface area contributed by atoms with E-state index in [0.717, 1.165) is 21.9 Å². The van der Waals surface area contributed by atoms with Crippen LogP contribution in [-0.4, -0.2) is 22.7 Å². The molecule has 4 rings (SSSR count). The van der Waals surface area contributed by atoms with Gasteiger partial charge in [-0.05, 0) is 41.1 Å². The van der Waals surface area contributed by atoms with Crippen LogP contribution in [-0.2, 0) is 17.6 Å². The fourth-order valence-corrected chi connectivity index (χ4v) is 3.85. The first-order chi connectivity index (χ1) is 15.1. The number of ketones is 1. The molecule has 0 aliphatic heterocycles. The van der Waals surface area contributed by atoms with Gasteiger partial charge in [0.05, 0.1) is 16.6 Å². The molecule has 1 amide bonds. The highest BCUT2D eigenvalue weighted by Crippen LogP contribution is 2.20. The van der Waals surface area contributed by atoms with Crippen LogP contribution in [0.3, 0.4) is 0 Å². The molecule has 0 saturated heterocycles. The van der Waals surface area contributed by atoms with Crippen LogP contribution in [0.2, 0.25) is 5.02 Å². The van der Waals surface area contributed by atoms with Crippen molar-refractivity contribution < 1.29 is 9.59 Å². The van der Waals surface area contributed by atoms with Crippen LogP contribution in [0.25, 0.3) is 10.8 Å². The first-order valence-electron chi connectivity index (χ1n) is 10.1. The monoisotopic (exact) mass is 428 g/mol. The predicted octanol–water partition coefficient (Wildman–Crippen LogP) is 5.04. The number of nitrogens with zero attached hydrogens (tertiary/aromatic N) is 1. The van der Waals surface area contributed by atoms with Crippen molar-refractivity contribution in [1.82, 2.24) is 10.3 Å². The summed E-state index contributed by atoms with van der Waals surface area (Å²) in [6.07, 6.45) is 4.12. The molecule has 0 saturated carbocycles.